The Kier molecular flexibility index (Phi) is 7.98. The molecule has 1 aromatic carbocycles. The van der Waals surface area contributed by atoms with Gasteiger partial charge in [0.15, 0.2) is 6.61 Å². The van der Waals surface area contributed by atoms with Gasteiger partial charge in [0.05, 0.1) is 12.1 Å². The molecule has 0 N–H and O–H groups in total. The fourth-order valence-corrected chi connectivity index (χ4v) is 3.05. The van der Waals surface area contributed by atoms with Crippen LogP contribution in [0, 0.1) is 0 Å². The van der Waals surface area contributed by atoms with Gasteiger partial charge in [0, 0.05) is 32.0 Å². The van der Waals surface area contributed by atoms with Gasteiger partial charge in [0.25, 0.3) is 5.91 Å². The molecule has 1 amide bonds. The minimum Gasteiger partial charge on any atom is -0.456 e. The number of carbonyl (C=O) groups excluding carboxylic acids is 2. The predicted octanol–water partition coefficient (Wildman–Crippen LogP) is 3.20. The second kappa shape index (κ2) is 10.4. The molecule has 28 heavy (non-hydrogen) atoms. The van der Waals surface area contributed by atoms with E-state index in [9.17, 15) is 14.0 Å². The molecule has 0 radical (unpaired) electrons. The van der Waals surface area contributed by atoms with Crippen molar-refractivity contribution < 1.29 is 23.5 Å². The van der Waals surface area contributed by atoms with Crippen molar-refractivity contribution in [3.8, 4) is 0 Å². The lowest BCUT2D eigenvalue weighted by Gasteiger charge is -2.26. The highest BCUT2D eigenvalue weighted by molar-refractivity contribution is 5.81. The van der Waals surface area contributed by atoms with Gasteiger partial charge in [-0.1, -0.05) is 35.5 Å². The molecule has 2 rings (SSSR count). The molecule has 0 unspecified atom stereocenters. The van der Waals surface area contributed by atoms with Crippen LogP contribution in [0.3, 0.4) is 0 Å². The summed E-state index contributed by atoms with van der Waals surface area (Å²) in [4.78, 5) is 27.1. The van der Waals surface area contributed by atoms with Crippen molar-refractivity contribution in [3.05, 3.63) is 51.9 Å². The summed E-state index contributed by atoms with van der Waals surface area (Å²) in [7, 11) is 1.44. The molecule has 0 fully saturated rings. The summed E-state index contributed by atoms with van der Waals surface area (Å²) in [5.41, 5.74) is 11.4. The Morgan fingerprint density at radius 3 is 2.57 bits per heavy atom. The van der Waals surface area contributed by atoms with Crippen molar-refractivity contribution in [2.45, 2.75) is 25.5 Å². The highest BCUT2D eigenvalue weighted by Crippen LogP contribution is 2.27. The molecule has 8 nitrogen and oxygen atoms in total. The van der Waals surface area contributed by atoms with Gasteiger partial charge < -0.3 is 14.4 Å². The Labute approximate surface area is 162 Å². The summed E-state index contributed by atoms with van der Waals surface area (Å²) in [6.07, 6.45) is 1.97. The molecule has 2 atom stereocenters. The van der Waals surface area contributed by atoms with E-state index in [4.69, 9.17) is 15.0 Å². The van der Waals surface area contributed by atoms with Crippen molar-refractivity contribution in [3.63, 3.8) is 0 Å². The number of amides is 1. The maximum absolute atomic E-state index is 13.1. The number of nitrogens with zero attached hydrogens (tertiary/aromatic N) is 4. The van der Waals surface area contributed by atoms with E-state index in [1.54, 1.807) is 4.90 Å². The first kappa shape index (κ1) is 21.4. The van der Waals surface area contributed by atoms with Crippen LogP contribution in [0.4, 0.5) is 4.39 Å². The van der Waals surface area contributed by atoms with Gasteiger partial charge in [0.2, 0.25) is 0 Å². The molecular weight excluding hydrogens is 367 g/mol. The number of alkyl halides is 1. The van der Waals surface area contributed by atoms with Crippen LogP contribution in [-0.2, 0) is 19.1 Å². The smallest absolute Gasteiger partial charge is 0.303 e. The molecule has 1 aliphatic rings. The molecule has 150 valence electrons. The normalized spacial score (nSPS) is 15.8. The lowest BCUT2D eigenvalue weighted by molar-refractivity contribution is -0.150. The molecule has 0 saturated heterocycles. The number of rotatable bonds is 8. The number of methoxy groups -OCH3 is 1. The quantitative estimate of drug-likeness (QED) is 0.294. The Balaban J connectivity index is 2.04. The van der Waals surface area contributed by atoms with Crippen molar-refractivity contribution in [1.29, 1.82) is 0 Å². The van der Waals surface area contributed by atoms with E-state index in [1.165, 1.54) is 14.0 Å². The van der Waals surface area contributed by atoms with Crippen LogP contribution in [0.15, 0.2) is 35.5 Å². The van der Waals surface area contributed by atoms with Gasteiger partial charge in [-0.25, -0.2) is 0 Å². The van der Waals surface area contributed by atoms with Crippen LogP contribution in [-0.4, -0.2) is 56.3 Å². The van der Waals surface area contributed by atoms with Crippen LogP contribution in [0.2, 0.25) is 0 Å². The minimum absolute atomic E-state index is 0.223. The summed E-state index contributed by atoms with van der Waals surface area (Å²) in [6, 6.07) is 6.51. The number of ether oxygens (including phenoxy) is 2. The molecular formula is C19H23FN4O4. The van der Waals surface area contributed by atoms with E-state index < -0.39 is 24.8 Å². The SMILES string of the molecule is CO[C@H](c1ccc(C2=CCN(C(=O)COC(C)=O)CC2)cc1)[C@@H](CF)N=[N+]=[N-]. The Morgan fingerprint density at radius 2 is 2.07 bits per heavy atom. The van der Waals surface area contributed by atoms with E-state index in [0.717, 1.165) is 16.7 Å². The van der Waals surface area contributed by atoms with Gasteiger partial charge in [-0.15, -0.1) is 0 Å². The first-order chi connectivity index (χ1) is 13.5. The zero-order valence-corrected chi connectivity index (χ0v) is 15.9. The third-order valence-corrected chi connectivity index (χ3v) is 4.53. The minimum atomic E-state index is -0.925. The van der Waals surface area contributed by atoms with E-state index >= 15 is 0 Å². The van der Waals surface area contributed by atoms with Crippen LogP contribution < -0.4 is 0 Å². The van der Waals surface area contributed by atoms with Crippen LogP contribution in [0.25, 0.3) is 16.0 Å². The topological polar surface area (TPSA) is 105 Å². The van der Waals surface area contributed by atoms with Crippen LogP contribution >= 0.6 is 0 Å². The van der Waals surface area contributed by atoms with Crippen LogP contribution in [0.5, 0.6) is 0 Å². The first-order valence-corrected chi connectivity index (χ1v) is 8.83. The van der Waals surface area contributed by atoms with Gasteiger partial charge in [0.1, 0.15) is 6.67 Å². The van der Waals surface area contributed by atoms with Crippen molar-refractivity contribution in [1.82, 2.24) is 4.90 Å². The number of azide groups is 1. The number of esters is 1. The molecule has 1 heterocycles. The third-order valence-electron chi connectivity index (χ3n) is 4.53. The Hall–Kier alpha value is -2.90. The van der Waals surface area contributed by atoms with E-state index in [1.807, 2.05) is 30.3 Å². The fourth-order valence-electron chi connectivity index (χ4n) is 3.05. The maximum atomic E-state index is 13.1. The molecule has 1 aromatic rings. The van der Waals surface area contributed by atoms with Crippen molar-refractivity contribution in [2.75, 3.05) is 33.5 Å². The number of benzene rings is 1. The fraction of sp³-hybridized carbons (Fsp3) is 0.474. The summed E-state index contributed by atoms with van der Waals surface area (Å²) in [6.45, 7) is 1.19. The monoisotopic (exact) mass is 390 g/mol. The summed E-state index contributed by atoms with van der Waals surface area (Å²) in [5.74, 6) is -0.703. The standard InChI is InChI=1S/C19H23FN4O4/c1-13(25)28-12-18(26)24-9-7-15(8-10-24)14-3-5-16(6-4-14)19(27-2)17(11-20)22-23-21/h3-7,17,19H,8-12H2,1-2H3/t17-,19-/m1/s1. The van der Waals surface area contributed by atoms with E-state index in [2.05, 4.69) is 10.0 Å². The van der Waals surface area contributed by atoms with Gasteiger partial charge in [-0.3, -0.25) is 14.0 Å². The van der Waals surface area contributed by atoms with Gasteiger partial charge >= 0.3 is 5.97 Å². The second-order valence-electron chi connectivity index (χ2n) is 6.30. The zero-order chi connectivity index (χ0) is 20.5. The average molecular weight is 390 g/mol. The molecule has 0 aromatic heterocycles. The Bertz CT molecular complexity index is 775. The van der Waals surface area contributed by atoms with Gasteiger partial charge in [-0.05, 0) is 28.7 Å². The lowest BCUT2D eigenvalue weighted by atomic mass is 9.96. The number of hydrogen-bond acceptors (Lipinski definition) is 5. The lowest BCUT2D eigenvalue weighted by Crippen LogP contribution is -2.37. The highest BCUT2D eigenvalue weighted by Gasteiger charge is 2.23. The molecule has 9 heteroatoms. The average Bonchev–Trinajstić information content (AvgIpc) is 2.72. The van der Waals surface area contributed by atoms with E-state index in [-0.39, 0.29) is 12.5 Å². The third kappa shape index (κ3) is 5.55. The van der Waals surface area contributed by atoms with Crippen molar-refractivity contribution in [2.24, 2.45) is 5.11 Å². The number of hydrogen-bond donors (Lipinski definition) is 0. The summed E-state index contributed by atoms with van der Waals surface area (Å²) < 4.78 is 23.2. The van der Waals surface area contributed by atoms with Crippen molar-refractivity contribution >= 4 is 17.4 Å². The largest absolute Gasteiger partial charge is 0.456 e. The summed E-state index contributed by atoms with van der Waals surface area (Å²) >= 11 is 0. The summed E-state index contributed by atoms with van der Waals surface area (Å²) in [5, 5.41) is 3.45. The second-order valence-corrected chi connectivity index (χ2v) is 6.30. The molecule has 0 spiro atoms. The Morgan fingerprint density at radius 1 is 1.36 bits per heavy atom. The predicted molar refractivity (Wildman–Crippen MR) is 101 cm³/mol. The van der Waals surface area contributed by atoms with E-state index in [0.29, 0.717) is 19.5 Å². The molecule has 0 aliphatic carbocycles. The number of carbonyl (C=O) groups is 2. The van der Waals surface area contributed by atoms with Crippen LogP contribution in [0.1, 0.15) is 30.6 Å². The molecule has 0 saturated carbocycles. The first-order valence-electron chi connectivity index (χ1n) is 8.83. The van der Waals surface area contributed by atoms with Gasteiger partial charge in [-0.2, -0.15) is 0 Å². The zero-order valence-electron chi connectivity index (χ0n) is 15.9. The molecule has 0 bridgehead atoms. The maximum Gasteiger partial charge on any atom is 0.303 e. The number of halogens is 1. The highest BCUT2D eigenvalue weighted by atomic mass is 19.1. The molecule has 1 aliphatic heterocycles.